The van der Waals surface area contributed by atoms with Crippen LogP contribution in [0.2, 0.25) is 0 Å². The Morgan fingerprint density at radius 2 is 1.71 bits per heavy atom. The number of hydrogen-bond acceptors (Lipinski definition) is 7. The molecule has 1 saturated heterocycles. The molecule has 1 atom stereocenters. The normalized spacial score (nSPS) is 17.2. The summed E-state index contributed by atoms with van der Waals surface area (Å²) in [7, 11) is 1.58. The molecule has 1 fully saturated rings. The number of rotatable bonds is 6. The summed E-state index contributed by atoms with van der Waals surface area (Å²) in [5, 5.41) is 16.4. The van der Waals surface area contributed by atoms with E-state index in [1.54, 1.807) is 26.2 Å². The summed E-state index contributed by atoms with van der Waals surface area (Å²) in [5.41, 5.74) is 7.75. The van der Waals surface area contributed by atoms with Gasteiger partial charge in [-0.2, -0.15) is 5.10 Å². The number of nitrogens with two attached hydrogens (primary N) is 1. The van der Waals surface area contributed by atoms with Gasteiger partial charge in [-0.15, -0.1) is 5.10 Å². The molecule has 2 aromatic carbocycles. The molecule has 160 valence electrons. The van der Waals surface area contributed by atoms with Crippen LogP contribution in [0.25, 0.3) is 0 Å². The lowest BCUT2D eigenvalue weighted by Gasteiger charge is -2.14. The molecule has 9 nitrogen and oxygen atoms in total. The molecule has 1 aliphatic heterocycles. The number of nitrogens with zero attached hydrogens (tertiary/aromatic N) is 3. The van der Waals surface area contributed by atoms with Crippen molar-refractivity contribution in [2.45, 2.75) is 18.6 Å². The van der Waals surface area contributed by atoms with Gasteiger partial charge in [-0.25, -0.2) is 9.69 Å². The van der Waals surface area contributed by atoms with Crippen LogP contribution in [-0.4, -0.2) is 46.1 Å². The van der Waals surface area contributed by atoms with Crippen LogP contribution >= 0.6 is 11.8 Å². The predicted octanol–water partition coefficient (Wildman–Crippen LogP) is 2.50. The minimum absolute atomic E-state index is 0.0401. The lowest BCUT2D eigenvalue weighted by molar-refractivity contribution is -0.121. The van der Waals surface area contributed by atoms with E-state index in [1.807, 2.05) is 12.1 Å². The second kappa shape index (κ2) is 9.43. The molecule has 10 heteroatoms. The summed E-state index contributed by atoms with van der Waals surface area (Å²) in [4.78, 5) is 37.1. The molecule has 3 rings (SSSR count). The zero-order chi connectivity index (χ0) is 22.5. The maximum absolute atomic E-state index is 12.7. The third-order valence-electron chi connectivity index (χ3n) is 4.55. The molecule has 0 spiro atoms. The highest BCUT2D eigenvalue weighted by molar-refractivity contribution is 8.14. The van der Waals surface area contributed by atoms with Crippen LogP contribution in [0, 0.1) is 0 Å². The monoisotopic (exact) mass is 440 g/mol. The first kappa shape index (κ1) is 22.0. The standard InChI is InChI=1S/C21H20N4O5S/c1-12(13-5-9-16(30-2)10-6-13)23-24-21(22)31-17-11-18(26)25(19(17)27)15-7-3-14(4-8-15)20(28)29/h3-10,17H,11H2,1-2H3,(H2,22,24)(H,28,29)/t17-/m0/s1. The highest BCUT2D eigenvalue weighted by atomic mass is 32.2. The number of amides is 2. The summed E-state index contributed by atoms with van der Waals surface area (Å²) in [5.74, 6) is -1.20. The highest BCUT2D eigenvalue weighted by Gasteiger charge is 2.40. The molecule has 2 amide bonds. The van der Waals surface area contributed by atoms with E-state index < -0.39 is 23.0 Å². The first-order chi connectivity index (χ1) is 14.8. The molecule has 0 unspecified atom stereocenters. The number of carbonyl (C=O) groups excluding carboxylic acids is 2. The Morgan fingerprint density at radius 3 is 2.29 bits per heavy atom. The van der Waals surface area contributed by atoms with Crippen LogP contribution in [0.15, 0.2) is 58.7 Å². The van der Waals surface area contributed by atoms with Gasteiger partial charge in [-0.3, -0.25) is 9.59 Å². The van der Waals surface area contributed by atoms with Crippen molar-refractivity contribution in [3.05, 3.63) is 59.7 Å². The van der Waals surface area contributed by atoms with Gasteiger partial charge >= 0.3 is 5.97 Å². The molecule has 0 aliphatic carbocycles. The number of carboxylic acids is 1. The lowest BCUT2D eigenvalue weighted by Crippen LogP contribution is -2.31. The van der Waals surface area contributed by atoms with Gasteiger partial charge in [0.05, 0.1) is 24.1 Å². The molecule has 1 aliphatic rings. The van der Waals surface area contributed by atoms with Crippen LogP contribution < -0.4 is 15.4 Å². The van der Waals surface area contributed by atoms with Gasteiger partial charge in [0.2, 0.25) is 11.8 Å². The van der Waals surface area contributed by atoms with Crippen molar-refractivity contribution in [1.29, 1.82) is 0 Å². The van der Waals surface area contributed by atoms with E-state index in [4.69, 9.17) is 15.6 Å². The third-order valence-corrected chi connectivity index (χ3v) is 5.52. The summed E-state index contributed by atoms with van der Waals surface area (Å²) in [6.45, 7) is 1.77. The topological polar surface area (TPSA) is 135 Å². The molecule has 0 radical (unpaired) electrons. The second-order valence-corrected chi connectivity index (χ2v) is 7.81. The Hall–Kier alpha value is -3.66. The van der Waals surface area contributed by atoms with Crippen LogP contribution in [0.5, 0.6) is 5.75 Å². The third kappa shape index (κ3) is 5.10. The van der Waals surface area contributed by atoms with Gasteiger partial charge in [0.25, 0.3) is 0 Å². The SMILES string of the molecule is COc1ccc(C(C)=NN=C(N)S[C@H]2CC(=O)N(c3ccc(C(=O)O)cc3)C2=O)cc1. The predicted molar refractivity (Wildman–Crippen MR) is 119 cm³/mol. The van der Waals surface area contributed by atoms with E-state index in [2.05, 4.69) is 10.2 Å². The van der Waals surface area contributed by atoms with Crippen LogP contribution in [0.1, 0.15) is 29.3 Å². The maximum Gasteiger partial charge on any atom is 0.335 e. The summed E-state index contributed by atoms with van der Waals surface area (Å²) >= 11 is 0.963. The van der Waals surface area contributed by atoms with E-state index in [0.29, 0.717) is 11.4 Å². The number of imide groups is 1. The smallest absolute Gasteiger partial charge is 0.335 e. The molecule has 1 heterocycles. The molecular weight excluding hydrogens is 420 g/mol. The maximum atomic E-state index is 12.7. The van der Waals surface area contributed by atoms with E-state index in [9.17, 15) is 14.4 Å². The number of carbonyl (C=O) groups is 3. The summed E-state index contributed by atoms with van der Waals surface area (Å²) in [6.07, 6.45) is -0.0401. The van der Waals surface area contributed by atoms with Crippen molar-refractivity contribution in [3.63, 3.8) is 0 Å². The average molecular weight is 440 g/mol. The first-order valence-electron chi connectivity index (χ1n) is 9.19. The molecular formula is C21H20N4O5S. The van der Waals surface area contributed by atoms with E-state index in [0.717, 1.165) is 28.0 Å². The van der Waals surface area contributed by atoms with Crippen LogP contribution in [-0.2, 0) is 9.59 Å². The number of hydrogen-bond donors (Lipinski definition) is 2. The molecule has 31 heavy (non-hydrogen) atoms. The lowest BCUT2D eigenvalue weighted by atomic mass is 10.1. The zero-order valence-electron chi connectivity index (χ0n) is 16.8. The quantitative estimate of drug-likeness (QED) is 0.305. The van der Waals surface area contributed by atoms with Gasteiger partial charge in [0.15, 0.2) is 5.17 Å². The summed E-state index contributed by atoms with van der Waals surface area (Å²) in [6, 6.07) is 12.8. The Kier molecular flexibility index (Phi) is 6.71. The Bertz CT molecular complexity index is 1060. The van der Waals surface area contributed by atoms with Gasteiger partial charge in [-0.1, -0.05) is 11.8 Å². The second-order valence-electron chi connectivity index (χ2n) is 6.58. The number of anilines is 1. The molecule has 0 aromatic heterocycles. The number of ether oxygens (including phenoxy) is 1. The van der Waals surface area contributed by atoms with Crippen molar-refractivity contribution in [1.82, 2.24) is 0 Å². The fourth-order valence-electron chi connectivity index (χ4n) is 2.90. The largest absolute Gasteiger partial charge is 0.497 e. The average Bonchev–Trinajstić information content (AvgIpc) is 3.04. The number of thioether (sulfide) groups is 1. The van der Waals surface area contributed by atoms with Gasteiger partial charge in [0, 0.05) is 6.42 Å². The van der Waals surface area contributed by atoms with Crippen molar-refractivity contribution in [2.75, 3.05) is 12.0 Å². The minimum atomic E-state index is -1.09. The fraction of sp³-hybridized carbons (Fsp3) is 0.190. The van der Waals surface area contributed by atoms with Gasteiger partial charge < -0.3 is 15.6 Å². The van der Waals surface area contributed by atoms with Gasteiger partial charge in [-0.05, 0) is 61.0 Å². The highest BCUT2D eigenvalue weighted by Crippen LogP contribution is 2.30. The molecule has 3 N–H and O–H groups in total. The van der Waals surface area contributed by atoms with Crippen molar-refractivity contribution >= 4 is 46.1 Å². The molecule has 0 bridgehead atoms. The van der Waals surface area contributed by atoms with Crippen molar-refractivity contribution in [2.24, 2.45) is 15.9 Å². The van der Waals surface area contributed by atoms with E-state index in [-0.39, 0.29) is 17.2 Å². The number of methoxy groups -OCH3 is 1. The Morgan fingerprint density at radius 1 is 1.10 bits per heavy atom. The Labute approximate surface area is 182 Å². The number of benzene rings is 2. The van der Waals surface area contributed by atoms with Crippen molar-refractivity contribution < 1.29 is 24.2 Å². The van der Waals surface area contributed by atoms with Crippen LogP contribution in [0.4, 0.5) is 5.69 Å². The number of carboxylic acid groups (broad SMARTS) is 1. The number of amidine groups is 1. The number of aromatic carboxylic acids is 1. The van der Waals surface area contributed by atoms with Crippen LogP contribution in [0.3, 0.4) is 0 Å². The minimum Gasteiger partial charge on any atom is -0.497 e. The molecule has 0 saturated carbocycles. The van der Waals surface area contributed by atoms with E-state index in [1.165, 1.54) is 24.3 Å². The van der Waals surface area contributed by atoms with Crippen molar-refractivity contribution in [3.8, 4) is 5.75 Å². The first-order valence-corrected chi connectivity index (χ1v) is 10.1. The fourth-order valence-corrected chi connectivity index (χ4v) is 3.72. The van der Waals surface area contributed by atoms with E-state index >= 15 is 0 Å². The summed E-state index contributed by atoms with van der Waals surface area (Å²) < 4.78 is 5.12. The molecule has 2 aromatic rings. The zero-order valence-corrected chi connectivity index (χ0v) is 17.6. The Balaban J connectivity index is 1.68. The van der Waals surface area contributed by atoms with Gasteiger partial charge in [0.1, 0.15) is 11.0 Å².